The van der Waals surface area contributed by atoms with Crippen molar-refractivity contribution in [2.24, 2.45) is 11.7 Å². The molecule has 3 N–H and O–H groups in total. The first kappa shape index (κ1) is 16.2. The van der Waals surface area contributed by atoms with E-state index in [0.29, 0.717) is 15.9 Å². The third-order valence-corrected chi connectivity index (χ3v) is 5.05. The van der Waals surface area contributed by atoms with Crippen molar-refractivity contribution >= 4 is 34.7 Å². The summed E-state index contributed by atoms with van der Waals surface area (Å²) in [7, 11) is 0. The van der Waals surface area contributed by atoms with Gasteiger partial charge in [-0.05, 0) is 43.2 Å². The Morgan fingerprint density at radius 3 is 2.62 bits per heavy atom. The van der Waals surface area contributed by atoms with Gasteiger partial charge in [0.25, 0.3) is 0 Å². The van der Waals surface area contributed by atoms with Crippen LogP contribution in [0.2, 0.25) is 5.02 Å². The van der Waals surface area contributed by atoms with Gasteiger partial charge in [-0.3, -0.25) is 4.79 Å². The van der Waals surface area contributed by atoms with E-state index in [4.69, 9.17) is 29.6 Å². The highest BCUT2D eigenvalue weighted by Crippen LogP contribution is 2.32. The Kier molecular flexibility index (Phi) is 5.22. The second kappa shape index (κ2) is 6.75. The molecule has 1 aromatic rings. The number of nitrogens with one attached hydrogen (secondary N) is 1. The van der Waals surface area contributed by atoms with Gasteiger partial charge in [0, 0.05) is 5.02 Å². The molecule has 0 spiro atoms. The minimum Gasteiger partial charge on any atom is -0.391 e. The fourth-order valence-electron chi connectivity index (χ4n) is 2.81. The number of benzene rings is 1. The zero-order valence-corrected chi connectivity index (χ0v) is 13.8. The van der Waals surface area contributed by atoms with E-state index >= 15 is 0 Å². The first-order valence-electron chi connectivity index (χ1n) is 7.27. The molecule has 3 nitrogen and oxygen atoms in total. The Balaban J connectivity index is 2.06. The van der Waals surface area contributed by atoms with Crippen LogP contribution in [-0.2, 0) is 11.2 Å². The SMILES string of the molecule is CC1CCC(NC(=O)Cc2ccccc2Cl)(C(N)=S)CC1. The molecule has 0 bridgehead atoms. The van der Waals surface area contributed by atoms with E-state index in [0.717, 1.165) is 31.2 Å². The van der Waals surface area contributed by atoms with Crippen LogP contribution in [-0.4, -0.2) is 16.4 Å². The maximum absolute atomic E-state index is 12.3. The van der Waals surface area contributed by atoms with Crippen molar-refractivity contribution < 1.29 is 4.79 Å². The van der Waals surface area contributed by atoms with Gasteiger partial charge in [-0.15, -0.1) is 0 Å². The molecular formula is C16H21ClN2OS. The molecule has 0 unspecified atom stereocenters. The standard InChI is InChI=1S/C16H21ClN2OS/c1-11-6-8-16(9-7-11,15(18)21)19-14(20)10-12-4-2-3-5-13(12)17/h2-5,11H,6-10H2,1H3,(H2,18,21)(H,19,20). The van der Waals surface area contributed by atoms with E-state index in [1.54, 1.807) is 6.07 Å². The maximum Gasteiger partial charge on any atom is 0.225 e. The average molecular weight is 325 g/mol. The second-order valence-corrected chi connectivity index (χ2v) is 6.79. The van der Waals surface area contributed by atoms with Crippen LogP contribution in [0.1, 0.15) is 38.2 Å². The lowest BCUT2D eigenvalue weighted by atomic mass is 9.77. The minimum atomic E-state index is -0.528. The number of carbonyl (C=O) groups is 1. The lowest BCUT2D eigenvalue weighted by Crippen LogP contribution is -2.58. The Bertz CT molecular complexity index is 539. The van der Waals surface area contributed by atoms with Gasteiger partial charge in [-0.2, -0.15) is 0 Å². The van der Waals surface area contributed by atoms with E-state index in [9.17, 15) is 4.79 Å². The van der Waals surface area contributed by atoms with Gasteiger partial charge >= 0.3 is 0 Å². The summed E-state index contributed by atoms with van der Waals surface area (Å²) in [5, 5.41) is 3.67. The average Bonchev–Trinajstić information content (AvgIpc) is 2.44. The Labute approximate surface area is 136 Å². The lowest BCUT2D eigenvalue weighted by molar-refractivity contribution is -0.122. The highest BCUT2D eigenvalue weighted by atomic mass is 35.5. The molecule has 0 radical (unpaired) electrons. The first-order chi connectivity index (χ1) is 9.93. The van der Waals surface area contributed by atoms with E-state index in [1.165, 1.54) is 0 Å². The van der Waals surface area contributed by atoms with Gasteiger partial charge in [0.15, 0.2) is 0 Å². The molecule has 1 amide bonds. The first-order valence-corrected chi connectivity index (χ1v) is 8.06. The quantitative estimate of drug-likeness (QED) is 0.836. The van der Waals surface area contributed by atoms with Crippen molar-refractivity contribution in [1.82, 2.24) is 5.32 Å². The molecule has 1 fully saturated rings. The van der Waals surface area contributed by atoms with Crippen molar-refractivity contribution in [2.45, 2.75) is 44.6 Å². The number of rotatable bonds is 4. The summed E-state index contributed by atoms with van der Waals surface area (Å²) < 4.78 is 0. The number of thiocarbonyl (C=S) groups is 1. The summed E-state index contributed by atoms with van der Waals surface area (Å²) in [6.07, 6.45) is 3.95. The van der Waals surface area contributed by atoms with Crippen LogP contribution in [0.15, 0.2) is 24.3 Å². The van der Waals surface area contributed by atoms with Crippen LogP contribution in [0.25, 0.3) is 0 Å². The zero-order chi connectivity index (χ0) is 15.5. The molecule has 2 rings (SSSR count). The molecule has 5 heteroatoms. The molecule has 0 heterocycles. The zero-order valence-electron chi connectivity index (χ0n) is 12.2. The Morgan fingerprint density at radius 2 is 2.05 bits per heavy atom. The van der Waals surface area contributed by atoms with Crippen molar-refractivity contribution in [1.29, 1.82) is 0 Å². The van der Waals surface area contributed by atoms with E-state index in [-0.39, 0.29) is 12.3 Å². The monoisotopic (exact) mass is 324 g/mol. The molecule has 0 aliphatic heterocycles. The number of carbonyl (C=O) groups excluding carboxylic acids is 1. The molecule has 1 aliphatic carbocycles. The topological polar surface area (TPSA) is 55.1 Å². The number of hydrogen-bond donors (Lipinski definition) is 2. The summed E-state index contributed by atoms with van der Waals surface area (Å²) in [5.41, 5.74) is 6.20. The summed E-state index contributed by atoms with van der Waals surface area (Å²) >= 11 is 11.3. The van der Waals surface area contributed by atoms with Crippen molar-refractivity contribution in [3.8, 4) is 0 Å². The molecular weight excluding hydrogens is 304 g/mol. The molecule has 1 aliphatic rings. The van der Waals surface area contributed by atoms with E-state index < -0.39 is 5.54 Å². The highest BCUT2D eigenvalue weighted by Gasteiger charge is 2.38. The summed E-state index contributed by atoms with van der Waals surface area (Å²) in [6.45, 7) is 2.22. The minimum absolute atomic E-state index is 0.0783. The van der Waals surface area contributed by atoms with Gasteiger partial charge in [0.05, 0.1) is 16.9 Å². The van der Waals surface area contributed by atoms with Crippen LogP contribution < -0.4 is 11.1 Å². The second-order valence-electron chi connectivity index (χ2n) is 5.95. The van der Waals surface area contributed by atoms with E-state index in [2.05, 4.69) is 12.2 Å². The smallest absolute Gasteiger partial charge is 0.225 e. The maximum atomic E-state index is 12.3. The molecule has 0 atom stereocenters. The van der Waals surface area contributed by atoms with Gasteiger partial charge in [0.2, 0.25) is 5.91 Å². The van der Waals surface area contributed by atoms with Crippen molar-refractivity contribution in [3.05, 3.63) is 34.9 Å². The van der Waals surface area contributed by atoms with Crippen LogP contribution in [0.4, 0.5) is 0 Å². The predicted octanol–water partition coefficient (Wildman–Crippen LogP) is 3.23. The summed E-state index contributed by atoms with van der Waals surface area (Å²) in [6, 6.07) is 7.37. The fraction of sp³-hybridized carbons (Fsp3) is 0.500. The third-order valence-electron chi connectivity index (χ3n) is 4.29. The van der Waals surface area contributed by atoms with E-state index in [1.807, 2.05) is 18.2 Å². The largest absolute Gasteiger partial charge is 0.391 e. The lowest BCUT2D eigenvalue weighted by Gasteiger charge is -2.39. The Hall–Kier alpha value is -1.13. The molecule has 0 aromatic heterocycles. The van der Waals surface area contributed by atoms with Crippen molar-refractivity contribution in [2.75, 3.05) is 0 Å². The van der Waals surface area contributed by atoms with Crippen LogP contribution in [0.5, 0.6) is 0 Å². The molecule has 1 aromatic carbocycles. The van der Waals surface area contributed by atoms with Gasteiger partial charge in [-0.25, -0.2) is 0 Å². The normalized spacial score (nSPS) is 25.3. The fourth-order valence-corrected chi connectivity index (χ4v) is 3.27. The third kappa shape index (κ3) is 3.95. The van der Waals surface area contributed by atoms with Gasteiger partial charge < -0.3 is 11.1 Å². The molecule has 114 valence electrons. The van der Waals surface area contributed by atoms with Crippen LogP contribution in [0, 0.1) is 5.92 Å². The van der Waals surface area contributed by atoms with Crippen LogP contribution in [0.3, 0.4) is 0 Å². The molecule has 0 saturated heterocycles. The molecule has 1 saturated carbocycles. The summed E-state index contributed by atoms with van der Waals surface area (Å²) in [4.78, 5) is 12.7. The number of hydrogen-bond acceptors (Lipinski definition) is 2. The highest BCUT2D eigenvalue weighted by molar-refractivity contribution is 7.80. The number of halogens is 1. The Morgan fingerprint density at radius 1 is 1.43 bits per heavy atom. The van der Waals surface area contributed by atoms with Gasteiger partial charge in [-0.1, -0.05) is 48.9 Å². The molecule has 21 heavy (non-hydrogen) atoms. The van der Waals surface area contributed by atoms with Crippen molar-refractivity contribution in [3.63, 3.8) is 0 Å². The van der Waals surface area contributed by atoms with Crippen LogP contribution >= 0.6 is 23.8 Å². The number of nitrogens with two attached hydrogens (primary N) is 1. The predicted molar refractivity (Wildman–Crippen MR) is 90.4 cm³/mol. The number of amides is 1. The summed E-state index contributed by atoms with van der Waals surface area (Å²) in [5.74, 6) is 0.582. The van der Waals surface area contributed by atoms with Gasteiger partial charge in [0.1, 0.15) is 0 Å².